The van der Waals surface area contributed by atoms with Crippen LogP contribution >= 0.6 is 11.3 Å². The van der Waals surface area contributed by atoms with Gasteiger partial charge in [0.1, 0.15) is 11.5 Å². The highest BCUT2D eigenvalue weighted by atomic mass is 32.1. The van der Waals surface area contributed by atoms with Crippen molar-refractivity contribution in [2.75, 3.05) is 0 Å². The van der Waals surface area contributed by atoms with Gasteiger partial charge in [0.15, 0.2) is 0 Å². The number of carbonyl (C=O) groups is 1. The summed E-state index contributed by atoms with van der Waals surface area (Å²) < 4.78 is 3.05. The third kappa shape index (κ3) is 2.68. The number of hydrogen-bond acceptors (Lipinski definition) is 5. The molecule has 0 unspecified atom stereocenters. The van der Waals surface area contributed by atoms with Crippen molar-refractivity contribution < 1.29 is 4.79 Å². The van der Waals surface area contributed by atoms with E-state index in [2.05, 4.69) is 20.5 Å². The fourth-order valence-corrected chi connectivity index (χ4v) is 2.91. The van der Waals surface area contributed by atoms with Gasteiger partial charge in [-0.15, -0.1) is 5.10 Å². The van der Waals surface area contributed by atoms with Crippen LogP contribution in [0.4, 0.5) is 0 Å². The van der Waals surface area contributed by atoms with Crippen LogP contribution in [-0.4, -0.2) is 20.4 Å². The molecule has 2 aromatic heterocycles. The van der Waals surface area contributed by atoms with Crippen LogP contribution < -0.4 is 10.2 Å². The van der Waals surface area contributed by atoms with Crippen molar-refractivity contribution in [3.05, 3.63) is 52.8 Å². The summed E-state index contributed by atoms with van der Waals surface area (Å²) in [5.41, 5.74) is 3.91. The molecule has 0 saturated carbocycles. The number of benzene rings is 1. The Labute approximate surface area is 124 Å². The molecule has 0 aliphatic carbocycles. The Balaban J connectivity index is 1.91. The van der Waals surface area contributed by atoms with E-state index in [9.17, 15) is 4.79 Å². The number of amides is 1. The largest absolute Gasteiger partial charge is 0.318 e. The molecule has 0 aliphatic heterocycles. The van der Waals surface area contributed by atoms with Crippen molar-refractivity contribution in [2.24, 2.45) is 12.1 Å². The van der Waals surface area contributed by atoms with Crippen molar-refractivity contribution in [1.82, 2.24) is 20.0 Å². The van der Waals surface area contributed by atoms with Gasteiger partial charge in [0.25, 0.3) is 5.91 Å². The summed E-state index contributed by atoms with van der Waals surface area (Å²) in [5, 5.41) is 4.17. The molecule has 0 aliphatic rings. The first-order valence-electron chi connectivity index (χ1n) is 6.33. The fraction of sp³-hybridized carbons (Fsp3) is 0.143. The van der Waals surface area contributed by atoms with Gasteiger partial charge in [-0.3, -0.25) is 4.79 Å². The highest BCUT2D eigenvalue weighted by molar-refractivity contribution is 7.16. The van der Waals surface area contributed by atoms with E-state index in [-0.39, 0.29) is 5.91 Å². The van der Waals surface area contributed by atoms with E-state index in [1.54, 1.807) is 19.2 Å². The van der Waals surface area contributed by atoms with Crippen LogP contribution in [0.25, 0.3) is 10.2 Å². The van der Waals surface area contributed by atoms with Crippen LogP contribution in [0.1, 0.15) is 16.3 Å². The first-order valence-corrected chi connectivity index (χ1v) is 7.15. The summed E-state index contributed by atoms with van der Waals surface area (Å²) in [6.07, 6.45) is 1.55. The molecule has 0 fully saturated rings. The number of fused-ring (bicyclic) bond motifs is 1. The number of nitrogens with one attached hydrogen (secondary N) is 1. The second-order valence-corrected chi connectivity index (χ2v) is 5.46. The van der Waals surface area contributed by atoms with E-state index in [4.69, 9.17) is 0 Å². The van der Waals surface area contributed by atoms with Crippen molar-refractivity contribution in [3.8, 4) is 0 Å². The molecule has 21 heavy (non-hydrogen) atoms. The molecule has 0 atom stereocenters. The lowest BCUT2D eigenvalue weighted by Gasteiger charge is -1.99. The highest BCUT2D eigenvalue weighted by Crippen LogP contribution is 2.14. The first kappa shape index (κ1) is 13.4. The second kappa shape index (κ2) is 5.45. The van der Waals surface area contributed by atoms with Crippen LogP contribution in [0.2, 0.25) is 0 Å². The molecule has 2 heterocycles. The Bertz CT molecular complexity index is 880. The molecule has 106 valence electrons. The average Bonchev–Trinajstić information content (AvgIpc) is 2.82. The summed E-state index contributed by atoms with van der Waals surface area (Å²) in [4.78, 5) is 20.7. The van der Waals surface area contributed by atoms with Crippen molar-refractivity contribution in [3.63, 3.8) is 0 Å². The Hall–Kier alpha value is -2.54. The maximum Gasteiger partial charge on any atom is 0.290 e. The van der Waals surface area contributed by atoms with E-state index in [1.165, 1.54) is 11.3 Å². The lowest BCUT2D eigenvalue weighted by atomic mass is 10.3. The number of rotatable bonds is 2. The molecule has 7 heteroatoms. The molecule has 0 spiro atoms. The van der Waals surface area contributed by atoms with Gasteiger partial charge in [-0.25, -0.2) is 15.4 Å². The van der Waals surface area contributed by atoms with Crippen molar-refractivity contribution >= 4 is 27.5 Å². The van der Waals surface area contributed by atoms with Crippen LogP contribution in [-0.2, 0) is 7.05 Å². The SMILES string of the molecule is Cc1nccc(C(=O)N/N=c2/sc3ccccc3n2C)n1. The predicted molar refractivity (Wildman–Crippen MR) is 80.6 cm³/mol. The highest BCUT2D eigenvalue weighted by Gasteiger charge is 2.07. The normalized spacial score (nSPS) is 11.8. The third-order valence-electron chi connectivity index (χ3n) is 2.98. The maximum atomic E-state index is 12.0. The lowest BCUT2D eigenvalue weighted by Crippen LogP contribution is -2.24. The standard InChI is InChI=1S/C14H13N5OS/c1-9-15-8-7-10(16-9)13(20)17-18-14-19(2)11-5-3-4-6-12(11)21-14/h3-8H,1-2H3,(H,17,20)/b18-14+. The third-order valence-corrected chi connectivity index (χ3v) is 4.09. The van der Waals surface area contributed by atoms with E-state index < -0.39 is 0 Å². The second-order valence-electron chi connectivity index (χ2n) is 4.45. The molecule has 3 rings (SSSR count). The Kier molecular flexibility index (Phi) is 3.49. The Morgan fingerprint density at radius 2 is 2.14 bits per heavy atom. The maximum absolute atomic E-state index is 12.0. The molecule has 1 N–H and O–H groups in total. The number of aromatic nitrogens is 3. The molecule has 0 radical (unpaired) electrons. The van der Waals surface area contributed by atoms with Gasteiger partial charge in [0.2, 0.25) is 4.80 Å². The van der Waals surface area contributed by atoms with Crippen LogP contribution in [0.15, 0.2) is 41.6 Å². The van der Waals surface area contributed by atoms with Gasteiger partial charge in [-0.1, -0.05) is 23.5 Å². The van der Waals surface area contributed by atoms with Crippen LogP contribution in [0.3, 0.4) is 0 Å². The van der Waals surface area contributed by atoms with Crippen LogP contribution in [0, 0.1) is 6.92 Å². The summed E-state index contributed by atoms with van der Waals surface area (Å²) in [6, 6.07) is 9.55. The molecular formula is C14H13N5OS. The number of para-hydroxylation sites is 1. The molecule has 1 aromatic carbocycles. The van der Waals surface area contributed by atoms with Gasteiger partial charge in [-0.2, -0.15) is 0 Å². The average molecular weight is 299 g/mol. The topological polar surface area (TPSA) is 72.2 Å². The number of nitrogens with zero attached hydrogens (tertiary/aromatic N) is 4. The summed E-state index contributed by atoms with van der Waals surface area (Å²) in [7, 11) is 1.92. The summed E-state index contributed by atoms with van der Waals surface area (Å²) in [5.74, 6) is 0.202. The lowest BCUT2D eigenvalue weighted by molar-refractivity contribution is 0.0947. The number of carbonyl (C=O) groups excluding carboxylic acids is 1. The van der Waals surface area contributed by atoms with E-state index in [0.29, 0.717) is 11.5 Å². The van der Waals surface area contributed by atoms with Gasteiger partial charge < -0.3 is 4.57 Å². The number of hydrogen-bond donors (Lipinski definition) is 1. The van der Waals surface area contributed by atoms with E-state index in [0.717, 1.165) is 15.0 Å². The van der Waals surface area contributed by atoms with Gasteiger partial charge in [0, 0.05) is 13.2 Å². The zero-order valence-corrected chi connectivity index (χ0v) is 12.4. The van der Waals surface area contributed by atoms with Gasteiger partial charge in [-0.05, 0) is 25.1 Å². The zero-order valence-electron chi connectivity index (χ0n) is 11.6. The fourth-order valence-electron chi connectivity index (χ4n) is 1.93. The molecule has 0 bridgehead atoms. The monoisotopic (exact) mass is 299 g/mol. The van der Waals surface area contributed by atoms with Gasteiger partial charge in [0.05, 0.1) is 10.2 Å². The van der Waals surface area contributed by atoms with Gasteiger partial charge >= 0.3 is 0 Å². The molecule has 3 aromatic rings. The zero-order chi connectivity index (χ0) is 14.8. The summed E-state index contributed by atoms with van der Waals surface area (Å²) >= 11 is 1.51. The Morgan fingerprint density at radius 1 is 1.33 bits per heavy atom. The van der Waals surface area contributed by atoms with Crippen LogP contribution in [0.5, 0.6) is 0 Å². The number of aryl methyl sites for hydroxylation is 2. The molecule has 1 amide bonds. The molecular weight excluding hydrogens is 286 g/mol. The Morgan fingerprint density at radius 3 is 2.90 bits per heavy atom. The minimum Gasteiger partial charge on any atom is -0.318 e. The minimum atomic E-state index is -0.349. The van der Waals surface area contributed by atoms with E-state index >= 15 is 0 Å². The predicted octanol–water partition coefficient (Wildman–Crippen LogP) is 1.58. The van der Waals surface area contributed by atoms with Crippen molar-refractivity contribution in [1.29, 1.82) is 0 Å². The summed E-state index contributed by atoms with van der Waals surface area (Å²) in [6.45, 7) is 1.74. The smallest absolute Gasteiger partial charge is 0.290 e. The quantitative estimate of drug-likeness (QED) is 0.730. The molecule has 0 saturated heterocycles. The van der Waals surface area contributed by atoms with Crippen molar-refractivity contribution in [2.45, 2.75) is 6.92 Å². The number of thiazole rings is 1. The molecule has 6 nitrogen and oxygen atoms in total. The minimum absolute atomic E-state index is 0.301. The van der Waals surface area contributed by atoms with E-state index in [1.807, 2.05) is 35.9 Å². The first-order chi connectivity index (χ1) is 10.1.